The number of morpholine rings is 2. The third-order valence-electron chi connectivity index (χ3n) is 3.47. The van der Waals surface area contributed by atoms with Crippen molar-refractivity contribution in [1.29, 1.82) is 0 Å². The van der Waals surface area contributed by atoms with Gasteiger partial charge in [0.1, 0.15) is 6.61 Å². The molecular formula is C10H18N2O5. The normalized spacial score (nSPS) is 31.8. The van der Waals surface area contributed by atoms with E-state index in [-0.39, 0.29) is 0 Å². The first-order chi connectivity index (χ1) is 8.42. The highest BCUT2D eigenvalue weighted by Gasteiger charge is 2.50. The third kappa shape index (κ3) is 2.19. The lowest BCUT2D eigenvalue weighted by Crippen LogP contribution is -2.66. The van der Waals surface area contributed by atoms with Crippen molar-refractivity contribution < 1.29 is 24.3 Å². The highest BCUT2D eigenvalue weighted by molar-refractivity contribution is 4.85. The van der Waals surface area contributed by atoms with Crippen molar-refractivity contribution in [3.05, 3.63) is 0 Å². The number of rotatable bonds is 2. The quantitative estimate of drug-likeness (QED) is 0.591. The lowest BCUT2D eigenvalue weighted by molar-refractivity contribution is -0.493. The second kappa shape index (κ2) is 5.15. The van der Waals surface area contributed by atoms with Gasteiger partial charge in [-0.05, 0) is 0 Å². The minimum atomic E-state index is -0.604. The second-order valence-corrected chi connectivity index (χ2v) is 4.36. The van der Waals surface area contributed by atoms with Crippen LogP contribution in [0.15, 0.2) is 0 Å². The molecule has 3 saturated heterocycles. The molecule has 3 aliphatic heterocycles. The minimum absolute atomic E-state index is 0.396. The van der Waals surface area contributed by atoms with Gasteiger partial charge in [-0.15, -0.1) is 0 Å². The lowest BCUT2D eigenvalue weighted by Gasteiger charge is -2.46. The Labute approximate surface area is 100.0 Å². The Morgan fingerprint density at radius 2 is 1.29 bits per heavy atom. The first kappa shape index (κ1) is 11.8. The molecule has 0 aliphatic carbocycles. The summed E-state index contributed by atoms with van der Waals surface area (Å²) in [5.74, 6) is -0.604. The Bertz CT molecular complexity index is 227. The van der Waals surface area contributed by atoms with Crippen molar-refractivity contribution in [3.63, 3.8) is 0 Å². The largest absolute Gasteiger partial charge is 0.379 e. The van der Waals surface area contributed by atoms with E-state index in [0.29, 0.717) is 6.61 Å². The van der Waals surface area contributed by atoms with E-state index < -0.39 is 5.85 Å². The van der Waals surface area contributed by atoms with Gasteiger partial charge in [-0.3, -0.25) is 9.80 Å². The summed E-state index contributed by atoms with van der Waals surface area (Å²) in [6, 6.07) is 0. The van der Waals surface area contributed by atoms with E-state index in [2.05, 4.69) is 9.80 Å². The van der Waals surface area contributed by atoms with Crippen LogP contribution in [0.5, 0.6) is 0 Å². The van der Waals surface area contributed by atoms with Crippen LogP contribution in [0.4, 0.5) is 0 Å². The monoisotopic (exact) mass is 246 g/mol. The Hall–Kier alpha value is -0.280. The predicted molar refractivity (Wildman–Crippen MR) is 55.6 cm³/mol. The Balaban J connectivity index is 1.75. The Morgan fingerprint density at radius 1 is 0.765 bits per heavy atom. The van der Waals surface area contributed by atoms with Crippen LogP contribution in [0.2, 0.25) is 0 Å². The van der Waals surface area contributed by atoms with Gasteiger partial charge in [0.15, 0.2) is 0 Å². The van der Waals surface area contributed by atoms with Gasteiger partial charge in [0, 0.05) is 26.2 Å². The fourth-order valence-corrected chi connectivity index (χ4v) is 2.52. The molecule has 0 aromatic carbocycles. The molecule has 0 aromatic heterocycles. The fraction of sp³-hybridized carbons (Fsp3) is 1.00. The van der Waals surface area contributed by atoms with E-state index >= 15 is 0 Å². The molecule has 7 heteroatoms. The van der Waals surface area contributed by atoms with Crippen molar-refractivity contribution in [2.45, 2.75) is 5.85 Å². The summed E-state index contributed by atoms with van der Waals surface area (Å²) in [5, 5.41) is 4.70. The second-order valence-electron chi connectivity index (χ2n) is 4.36. The number of ether oxygens (including phenoxy) is 2. The molecular weight excluding hydrogens is 228 g/mol. The van der Waals surface area contributed by atoms with E-state index in [1.165, 1.54) is 0 Å². The van der Waals surface area contributed by atoms with Crippen LogP contribution < -0.4 is 0 Å². The molecule has 3 rings (SSSR count). The summed E-state index contributed by atoms with van der Waals surface area (Å²) >= 11 is 0. The fourth-order valence-electron chi connectivity index (χ4n) is 2.52. The van der Waals surface area contributed by atoms with Crippen molar-refractivity contribution in [2.24, 2.45) is 0 Å². The summed E-state index contributed by atoms with van der Waals surface area (Å²) < 4.78 is 10.7. The molecule has 7 nitrogen and oxygen atoms in total. The number of hydrogen-bond acceptors (Lipinski definition) is 7. The van der Waals surface area contributed by atoms with Crippen molar-refractivity contribution in [2.75, 3.05) is 59.2 Å². The third-order valence-corrected chi connectivity index (χ3v) is 3.47. The maximum atomic E-state index is 5.44. The standard InChI is InChI=1S/C10H18N2O5/c1-5-13-6-2-11(1)10(9-15-17-16-10)12-3-7-14-8-4-12/h1-9H2. The molecule has 0 unspecified atom stereocenters. The molecule has 0 radical (unpaired) electrons. The molecule has 0 saturated carbocycles. The van der Waals surface area contributed by atoms with Gasteiger partial charge in [0.05, 0.1) is 26.4 Å². The average Bonchev–Trinajstić information content (AvgIpc) is 2.91. The minimum Gasteiger partial charge on any atom is -0.379 e. The zero-order chi connectivity index (χ0) is 11.6. The average molecular weight is 246 g/mol. The van der Waals surface area contributed by atoms with Crippen molar-refractivity contribution in [3.8, 4) is 0 Å². The Kier molecular flexibility index (Phi) is 3.57. The van der Waals surface area contributed by atoms with E-state index in [0.717, 1.165) is 52.6 Å². The van der Waals surface area contributed by atoms with Gasteiger partial charge < -0.3 is 9.47 Å². The van der Waals surface area contributed by atoms with E-state index in [9.17, 15) is 0 Å². The van der Waals surface area contributed by atoms with E-state index in [1.54, 1.807) is 0 Å². The van der Waals surface area contributed by atoms with Crippen molar-refractivity contribution in [1.82, 2.24) is 9.80 Å². The van der Waals surface area contributed by atoms with Gasteiger partial charge >= 0.3 is 0 Å². The summed E-state index contributed by atoms with van der Waals surface area (Å²) in [6.45, 7) is 6.56. The summed E-state index contributed by atoms with van der Waals surface area (Å²) in [7, 11) is 0. The molecule has 3 fully saturated rings. The van der Waals surface area contributed by atoms with Gasteiger partial charge in [-0.1, -0.05) is 5.04 Å². The summed E-state index contributed by atoms with van der Waals surface area (Å²) in [5.41, 5.74) is 0. The Morgan fingerprint density at radius 3 is 1.71 bits per heavy atom. The first-order valence-electron chi connectivity index (χ1n) is 6.05. The lowest BCUT2D eigenvalue weighted by atomic mass is 10.2. The molecule has 0 atom stereocenters. The van der Waals surface area contributed by atoms with Gasteiger partial charge in [0.2, 0.25) is 5.85 Å². The highest BCUT2D eigenvalue weighted by Crippen LogP contribution is 2.29. The zero-order valence-electron chi connectivity index (χ0n) is 9.80. The van der Waals surface area contributed by atoms with Crippen LogP contribution in [-0.2, 0) is 24.3 Å². The first-order valence-corrected chi connectivity index (χ1v) is 6.05. The molecule has 0 bridgehead atoms. The maximum absolute atomic E-state index is 5.44. The maximum Gasteiger partial charge on any atom is 0.243 e. The topological polar surface area (TPSA) is 52.6 Å². The molecule has 0 aromatic rings. The number of hydrogen-bond donors (Lipinski definition) is 0. The molecule has 17 heavy (non-hydrogen) atoms. The summed E-state index contributed by atoms with van der Waals surface area (Å²) in [6.07, 6.45) is 0. The SMILES string of the molecule is C1CN(C2(N3CCOCC3)COOO2)CCO1. The van der Waals surface area contributed by atoms with Gasteiger partial charge in [-0.25, -0.2) is 0 Å². The van der Waals surface area contributed by atoms with Crippen molar-refractivity contribution >= 4 is 0 Å². The molecule has 3 aliphatic rings. The predicted octanol–water partition coefficient (Wildman–Crippen LogP) is -0.802. The molecule has 0 spiro atoms. The van der Waals surface area contributed by atoms with Crippen LogP contribution in [0.1, 0.15) is 0 Å². The van der Waals surface area contributed by atoms with Crippen LogP contribution in [-0.4, -0.2) is 74.9 Å². The van der Waals surface area contributed by atoms with Gasteiger partial charge in [0.25, 0.3) is 0 Å². The molecule has 98 valence electrons. The van der Waals surface area contributed by atoms with Crippen LogP contribution in [0, 0.1) is 0 Å². The van der Waals surface area contributed by atoms with Crippen LogP contribution in [0.25, 0.3) is 0 Å². The smallest absolute Gasteiger partial charge is 0.243 e. The molecule has 0 N–H and O–H groups in total. The van der Waals surface area contributed by atoms with E-state index in [1.807, 2.05) is 0 Å². The zero-order valence-corrected chi connectivity index (χ0v) is 9.80. The highest BCUT2D eigenvalue weighted by atomic mass is 17.5. The summed E-state index contributed by atoms with van der Waals surface area (Å²) in [4.78, 5) is 14.9. The molecule has 0 amide bonds. The van der Waals surface area contributed by atoms with Crippen LogP contribution >= 0.6 is 0 Å². The van der Waals surface area contributed by atoms with E-state index in [4.69, 9.17) is 24.3 Å². The molecule has 3 heterocycles. The van der Waals surface area contributed by atoms with Gasteiger partial charge in [-0.2, -0.15) is 9.78 Å². The van der Waals surface area contributed by atoms with Crippen LogP contribution in [0.3, 0.4) is 0 Å². The number of nitrogens with zero attached hydrogens (tertiary/aromatic N) is 2.